The van der Waals surface area contributed by atoms with Gasteiger partial charge in [0.05, 0.1) is 0 Å². The molecular weight excluding hydrogens is 259 g/mol. The van der Waals surface area contributed by atoms with E-state index in [2.05, 4.69) is 22.9 Å². The van der Waals surface area contributed by atoms with Crippen molar-refractivity contribution in [1.82, 2.24) is 0 Å². The van der Waals surface area contributed by atoms with Crippen LogP contribution in [0.5, 0.6) is 0 Å². The molecule has 0 aliphatic rings. The second-order valence-corrected chi connectivity index (χ2v) is 4.11. The summed E-state index contributed by atoms with van der Waals surface area (Å²) in [5, 5.41) is 8.54. The number of rotatable bonds is 7. The van der Waals surface area contributed by atoms with Crippen LogP contribution in [0.4, 0.5) is 0 Å². The summed E-state index contributed by atoms with van der Waals surface area (Å²) in [6, 6.07) is 0. The van der Waals surface area contributed by atoms with Crippen LogP contribution in [0.1, 0.15) is 46.9 Å². The van der Waals surface area contributed by atoms with E-state index >= 15 is 0 Å². The first kappa shape index (κ1) is 17.0. The number of carboxylic acids is 1. The fraction of sp³-hybridized carbons (Fsp3) is 0.889. The van der Waals surface area contributed by atoms with E-state index in [0.717, 1.165) is 19.3 Å². The quantitative estimate of drug-likeness (QED) is 0.413. The number of alkyl halides is 1. The van der Waals surface area contributed by atoms with E-state index in [-0.39, 0.29) is 57.6 Å². The van der Waals surface area contributed by atoms with Crippen molar-refractivity contribution in [2.24, 2.45) is 0 Å². The van der Waals surface area contributed by atoms with Crippen LogP contribution >= 0.6 is 15.9 Å². The van der Waals surface area contributed by atoms with Crippen molar-refractivity contribution in [1.29, 1.82) is 0 Å². The van der Waals surface area contributed by atoms with E-state index in [1.807, 2.05) is 0 Å². The summed E-state index contributed by atoms with van der Waals surface area (Å²) in [6.45, 7) is 2.17. The van der Waals surface area contributed by atoms with Crippen molar-refractivity contribution in [2.45, 2.75) is 50.3 Å². The van der Waals surface area contributed by atoms with Crippen molar-refractivity contribution in [3.05, 3.63) is 0 Å². The first-order valence-electron chi connectivity index (χ1n) is 4.55. The van der Waals surface area contributed by atoms with Gasteiger partial charge in [0.2, 0.25) is 0 Å². The van der Waals surface area contributed by atoms with Gasteiger partial charge in [-0.1, -0.05) is 55.0 Å². The SMILES string of the molecule is CCCCCCCC(Br)C(=O)O.[H-].[K+]. The molecule has 1 N–H and O–H groups in total. The summed E-state index contributed by atoms with van der Waals surface area (Å²) in [5.41, 5.74) is 0. The van der Waals surface area contributed by atoms with Crippen LogP contribution in [0.2, 0.25) is 0 Å². The Balaban J connectivity index is -0.000000605. The predicted octanol–water partition coefficient (Wildman–Crippen LogP) is 0.311. The van der Waals surface area contributed by atoms with E-state index < -0.39 is 5.97 Å². The Bertz CT molecular complexity index is 136. The summed E-state index contributed by atoms with van der Waals surface area (Å²) < 4.78 is 0. The molecule has 2 nitrogen and oxygen atoms in total. The Kier molecular flexibility index (Phi) is 15.2. The maximum absolute atomic E-state index is 10.4. The maximum atomic E-state index is 10.4. The van der Waals surface area contributed by atoms with Gasteiger partial charge in [-0.2, -0.15) is 0 Å². The van der Waals surface area contributed by atoms with Crippen molar-refractivity contribution in [3.63, 3.8) is 0 Å². The molecule has 0 radical (unpaired) electrons. The van der Waals surface area contributed by atoms with Gasteiger partial charge in [-0.15, -0.1) is 0 Å². The smallest absolute Gasteiger partial charge is 1.00 e. The number of aliphatic carboxylic acids is 1. The van der Waals surface area contributed by atoms with Crippen molar-refractivity contribution < 1.29 is 62.7 Å². The van der Waals surface area contributed by atoms with Crippen LogP contribution < -0.4 is 51.4 Å². The molecule has 0 saturated carbocycles. The standard InChI is InChI=1S/C9H17BrO2.K.H/c1-2-3-4-5-6-7-8(10)9(11)12;;/h8H,2-7H2,1H3,(H,11,12);;/q;+1;-1. The van der Waals surface area contributed by atoms with Crippen LogP contribution in [0, 0.1) is 0 Å². The van der Waals surface area contributed by atoms with E-state index in [4.69, 9.17) is 5.11 Å². The zero-order chi connectivity index (χ0) is 9.40. The number of unbranched alkanes of at least 4 members (excludes halogenated alkanes) is 4. The summed E-state index contributed by atoms with van der Waals surface area (Å²) in [6.07, 6.45) is 6.65. The molecule has 1 unspecified atom stereocenters. The molecule has 0 aromatic rings. The van der Waals surface area contributed by atoms with Crippen LogP contribution in [0.3, 0.4) is 0 Å². The average molecular weight is 277 g/mol. The van der Waals surface area contributed by atoms with Crippen LogP contribution in [0.15, 0.2) is 0 Å². The fourth-order valence-corrected chi connectivity index (χ4v) is 1.37. The third kappa shape index (κ3) is 11.5. The Morgan fingerprint density at radius 1 is 1.38 bits per heavy atom. The van der Waals surface area contributed by atoms with Gasteiger partial charge >= 0.3 is 57.4 Å². The molecule has 13 heavy (non-hydrogen) atoms. The fourth-order valence-electron chi connectivity index (χ4n) is 1.05. The Hall–Kier alpha value is 1.59. The molecule has 0 aromatic carbocycles. The summed E-state index contributed by atoms with van der Waals surface area (Å²) >= 11 is 3.11. The van der Waals surface area contributed by atoms with Crippen molar-refractivity contribution in [3.8, 4) is 0 Å². The topological polar surface area (TPSA) is 37.3 Å². The molecule has 0 aromatic heterocycles. The van der Waals surface area contributed by atoms with Gasteiger partial charge in [0, 0.05) is 0 Å². The second-order valence-electron chi connectivity index (χ2n) is 3.01. The molecule has 0 amide bonds. The van der Waals surface area contributed by atoms with Crippen LogP contribution in [0.25, 0.3) is 0 Å². The molecular formula is C9H18BrKO2. The molecule has 74 valence electrons. The van der Waals surface area contributed by atoms with Gasteiger partial charge in [-0.05, 0) is 6.42 Å². The Labute approximate surface area is 133 Å². The minimum atomic E-state index is -0.745. The van der Waals surface area contributed by atoms with E-state index in [1.165, 1.54) is 19.3 Å². The van der Waals surface area contributed by atoms with E-state index in [0.29, 0.717) is 0 Å². The van der Waals surface area contributed by atoms with Gasteiger partial charge in [0.15, 0.2) is 0 Å². The zero-order valence-electron chi connectivity index (χ0n) is 9.55. The first-order valence-corrected chi connectivity index (χ1v) is 5.47. The van der Waals surface area contributed by atoms with Gasteiger partial charge < -0.3 is 6.53 Å². The van der Waals surface area contributed by atoms with Gasteiger partial charge in [0.1, 0.15) is 4.83 Å². The molecule has 0 rings (SSSR count). The number of carbonyl (C=O) groups is 1. The van der Waals surface area contributed by atoms with E-state index in [9.17, 15) is 4.79 Å². The number of carboxylic acid groups (broad SMARTS) is 1. The first-order chi connectivity index (χ1) is 5.68. The molecule has 0 saturated heterocycles. The molecule has 0 spiro atoms. The summed E-state index contributed by atoms with van der Waals surface area (Å²) in [4.78, 5) is 10.0. The predicted molar refractivity (Wildman–Crippen MR) is 54.8 cm³/mol. The van der Waals surface area contributed by atoms with Crippen molar-refractivity contribution in [2.75, 3.05) is 0 Å². The summed E-state index contributed by atoms with van der Waals surface area (Å²) in [7, 11) is 0. The molecule has 0 bridgehead atoms. The van der Waals surface area contributed by atoms with E-state index in [1.54, 1.807) is 0 Å². The largest absolute Gasteiger partial charge is 1.00 e. The molecule has 4 heteroatoms. The minimum absolute atomic E-state index is 0. The number of halogens is 1. The number of hydrogen-bond donors (Lipinski definition) is 1. The average Bonchev–Trinajstić information content (AvgIpc) is 2.03. The molecule has 0 aliphatic carbocycles. The van der Waals surface area contributed by atoms with Gasteiger partial charge in [-0.25, -0.2) is 0 Å². The molecule has 0 fully saturated rings. The maximum Gasteiger partial charge on any atom is 1.00 e. The Morgan fingerprint density at radius 3 is 2.38 bits per heavy atom. The third-order valence-corrected chi connectivity index (χ3v) is 2.68. The van der Waals surface area contributed by atoms with Crippen LogP contribution in [-0.2, 0) is 4.79 Å². The van der Waals surface area contributed by atoms with Crippen LogP contribution in [-0.4, -0.2) is 15.9 Å². The molecule has 1 atom stereocenters. The van der Waals surface area contributed by atoms with Gasteiger partial charge in [-0.3, -0.25) is 4.79 Å². The van der Waals surface area contributed by atoms with Crippen molar-refractivity contribution >= 4 is 21.9 Å². The molecule has 0 aliphatic heterocycles. The number of hydrogen-bond acceptors (Lipinski definition) is 1. The van der Waals surface area contributed by atoms with Gasteiger partial charge in [0.25, 0.3) is 0 Å². The zero-order valence-corrected chi connectivity index (χ0v) is 13.3. The molecule has 0 heterocycles. The normalized spacial score (nSPS) is 11.8. The Morgan fingerprint density at radius 2 is 1.92 bits per heavy atom. The monoisotopic (exact) mass is 276 g/mol. The summed E-state index contributed by atoms with van der Waals surface area (Å²) in [5.74, 6) is -0.745. The second kappa shape index (κ2) is 11.7. The third-order valence-electron chi connectivity index (χ3n) is 1.83. The minimum Gasteiger partial charge on any atom is -1.00 e.